The van der Waals surface area contributed by atoms with Crippen molar-refractivity contribution in [3.8, 4) is 0 Å². The molecule has 2 N–H and O–H groups in total. The molecule has 3 fully saturated rings. The van der Waals surface area contributed by atoms with Crippen molar-refractivity contribution in [1.82, 2.24) is 15.5 Å². The summed E-state index contributed by atoms with van der Waals surface area (Å²) in [5, 5.41) is 5.82. The Balaban J connectivity index is 1.60. The van der Waals surface area contributed by atoms with Crippen LogP contribution in [0.3, 0.4) is 0 Å². The molecule has 3 aliphatic rings. The molecule has 6 nitrogen and oxygen atoms in total. The Labute approximate surface area is 143 Å². The standard InChI is InChI=1S/C18H29N3O3/c22-16-8-4-7-14(20-16)12-17(23)21-10-9-19-18(24)15(21)11-13-5-2-1-3-6-13/h13-15H,1-12H2,(H,19,24)(H,20,22). The summed E-state index contributed by atoms with van der Waals surface area (Å²) in [7, 11) is 0. The van der Waals surface area contributed by atoms with E-state index in [0.29, 0.717) is 31.8 Å². The third-order valence-corrected chi connectivity index (χ3v) is 5.68. The predicted molar refractivity (Wildman–Crippen MR) is 90.1 cm³/mol. The molecule has 2 aliphatic heterocycles. The van der Waals surface area contributed by atoms with E-state index < -0.39 is 0 Å². The zero-order valence-corrected chi connectivity index (χ0v) is 14.4. The Bertz CT molecular complexity index is 488. The van der Waals surface area contributed by atoms with E-state index >= 15 is 0 Å². The minimum absolute atomic E-state index is 0.00662. The third-order valence-electron chi connectivity index (χ3n) is 5.68. The molecule has 0 aromatic carbocycles. The smallest absolute Gasteiger partial charge is 0.242 e. The van der Waals surface area contributed by atoms with E-state index in [0.717, 1.165) is 19.3 Å². The summed E-state index contributed by atoms with van der Waals surface area (Å²) in [5.41, 5.74) is 0. The van der Waals surface area contributed by atoms with Crippen LogP contribution in [0.4, 0.5) is 0 Å². The van der Waals surface area contributed by atoms with Gasteiger partial charge in [-0.3, -0.25) is 14.4 Å². The van der Waals surface area contributed by atoms with E-state index in [1.807, 2.05) is 0 Å². The Morgan fingerprint density at radius 3 is 2.62 bits per heavy atom. The molecule has 134 valence electrons. The lowest BCUT2D eigenvalue weighted by Crippen LogP contribution is -2.58. The molecule has 0 bridgehead atoms. The lowest BCUT2D eigenvalue weighted by atomic mass is 9.84. The van der Waals surface area contributed by atoms with Crippen LogP contribution in [-0.4, -0.2) is 47.8 Å². The van der Waals surface area contributed by atoms with Crippen LogP contribution in [0.1, 0.15) is 64.2 Å². The topological polar surface area (TPSA) is 78.5 Å². The van der Waals surface area contributed by atoms with Crippen LogP contribution >= 0.6 is 0 Å². The van der Waals surface area contributed by atoms with Crippen molar-refractivity contribution in [3.05, 3.63) is 0 Å². The van der Waals surface area contributed by atoms with Gasteiger partial charge in [-0.2, -0.15) is 0 Å². The highest BCUT2D eigenvalue weighted by Gasteiger charge is 2.36. The summed E-state index contributed by atoms with van der Waals surface area (Å²) in [5.74, 6) is 0.595. The number of carbonyl (C=O) groups excluding carboxylic acids is 3. The third kappa shape index (κ3) is 4.28. The molecule has 2 saturated heterocycles. The van der Waals surface area contributed by atoms with Gasteiger partial charge in [-0.15, -0.1) is 0 Å². The monoisotopic (exact) mass is 335 g/mol. The van der Waals surface area contributed by atoms with Crippen LogP contribution in [0, 0.1) is 5.92 Å². The molecular weight excluding hydrogens is 306 g/mol. The van der Waals surface area contributed by atoms with Crippen LogP contribution in [0.2, 0.25) is 0 Å². The number of amides is 3. The van der Waals surface area contributed by atoms with Crippen molar-refractivity contribution >= 4 is 17.7 Å². The van der Waals surface area contributed by atoms with E-state index in [-0.39, 0.29) is 29.8 Å². The average molecular weight is 335 g/mol. The fraction of sp³-hybridized carbons (Fsp3) is 0.833. The van der Waals surface area contributed by atoms with E-state index in [2.05, 4.69) is 10.6 Å². The van der Waals surface area contributed by atoms with Crippen LogP contribution < -0.4 is 10.6 Å². The first-order chi connectivity index (χ1) is 11.6. The molecule has 0 spiro atoms. The number of hydrogen-bond donors (Lipinski definition) is 2. The molecule has 3 amide bonds. The zero-order chi connectivity index (χ0) is 16.9. The van der Waals surface area contributed by atoms with Crippen molar-refractivity contribution in [2.24, 2.45) is 5.92 Å². The second-order valence-electron chi connectivity index (χ2n) is 7.49. The molecule has 0 aromatic heterocycles. The molecule has 2 heterocycles. The van der Waals surface area contributed by atoms with Gasteiger partial charge in [0.1, 0.15) is 6.04 Å². The largest absolute Gasteiger partial charge is 0.353 e. The number of hydrogen-bond acceptors (Lipinski definition) is 3. The second kappa shape index (κ2) is 7.99. The van der Waals surface area contributed by atoms with E-state index in [1.165, 1.54) is 32.1 Å². The maximum absolute atomic E-state index is 12.8. The molecule has 1 saturated carbocycles. The first-order valence-electron chi connectivity index (χ1n) is 9.50. The molecule has 2 unspecified atom stereocenters. The Hall–Kier alpha value is -1.59. The summed E-state index contributed by atoms with van der Waals surface area (Å²) < 4.78 is 0. The van der Waals surface area contributed by atoms with Gasteiger partial charge in [0, 0.05) is 32.0 Å². The van der Waals surface area contributed by atoms with Crippen molar-refractivity contribution in [2.75, 3.05) is 13.1 Å². The summed E-state index contributed by atoms with van der Waals surface area (Å²) in [6, 6.07) is -0.396. The molecule has 6 heteroatoms. The number of piperidine rings is 1. The van der Waals surface area contributed by atoms with Crippen molar-refractivity contribution in [2.45, 2.75) is 76.3 Å². The van der Waals surface area contributed by atoms with Gasteiger partial charge in [0.25, 0.3) is 0 Å². The maximum Gasteiger partial charge on any atom is 0.242 e. The average Bonchev–Trinajstić information content (AvgIpc) is 2.57. The minimum Gasteiger partial charge on any atom is -0.353 e. The lowest BCUT2D eigenvalue weighted by molar-refractivity contribution is -0.144. The predicted octanol–water partition coefficient (Wildman–Crippen LogP) is 1.34. The van der Waals surface area contributed by atoms with E-state index in [9.17, 15) is 14.4 Å². The minimum atomic E-state index is -0.325. The van der Waals surface area contributed by atoms with E-state index in [4.69, 9.17) is 0 Å². The number of nitrogens with one attached hydrogen (secondary N) is 2. The van der Waals surface area contributed by atoms with Gasteiger partial charge in [-0.25, -0.2) is 0 Å². The summed E-state index contributed by atoms with van der Waals surface area (Å²) in [6.07, 6.45) is 9.46. The van der Waals surface area contributed by atoms with Crippen LogP contribution in [0.25, 0.3) is 0 Å². The number of rotatable bonds is 4. The number of nitrogens with zero attached hydrogens (tertiary/aromatic N) is 1. The van der Waals surface area contributed by atoms with Gasteiger partial charge in [-0.05, 0) is 25.2 Å². The normalized spacial score (nSPS) is 29.1. The Morgan fingerprint density at radius 1 is 1.08 bits per heavy atom. The highest BCUT2D eigenvalue weighted by atomic mass is 16.2. The fourth-order valence-corrected chi connectivity index (χ4v) is 4.35. The van der Waals surface area contributed by atoms with Crippen LogP contribution in [0.15, 0.2) is 0 Å². The molecule has 24 heavy (non-hydrogen) atoms. The first kappa shape index (κ1) is 17.2. The van der Waals surface area contributed by atoms with Gasteiger partial charge >= 0.3 is 0 Å². The van der Waals surface area contributed by atoms with Crippen molar-refractivity contribution in [1.29, 1.82) is 0 Å². The highest BCUT2D eigenvalue weighted by molar-refractivity contribution is 5.89. The zero-order valence-electron chi connectivity index (χ0n) is 14.4. The Kier molecular flexibility index (Phi) is 5.74. The quantitative estimate of drug-likeness (QED) is 0.814. The van der Waals surface area contributed by atoms with Crippen molar-refractivity contribution < 1.29 is 14.4 Å². The highest BCUT2D eigenvalue weighted by Crippen LogP contribution is 2.29. The molecule has 0 radical (unpaired) electrons. The first-order valence-corrected chi connectivity index (χ1v) is 9.50. The molecular formula is C18H29N3O3. The van der Waals surface area contributed by atoms with Gasteiger partial charge in [0.15, 0.2) is 0 Å². The van der Waals surface area contributed by atoms with Gasteiger partial charge < -0.3 is 15.5 Å². The summed E-state index contributed by atoms with van der Waals surface area (Å²) >= 11 is 0. The molecule has 3 rings (SSSR count). The van der Waals surface area contributed by atoms with Crippen LogP contribution in [0.5, 0.6) is 0 Å². The molecule has 2 atom stereocenters. The fourth-order valence-electron chi connectivity index (χ4n) is 4.35. The van der Waals surface area contributed by atoms with Gasteiger partial charge in [0.2, 0.25) is 17.7 Å². The van der Waals surface area contributed by atoms with Gasteiger partial charge in [-0.1, -0.05) is 32.1 Å². The van der Waals surface area contributed by atoms with Crippen molar-refractivity contribution in [3.63, 3.8) is 0 Å². The number of piperazine rings is 1. The summed E-state index contributed by atoms with van der Waals surface area (Å²) in [6.45, 7) is 1.12. The Morgan fingerprint density at radius 2 is 1.88 bits per heavy atom. The molecule has 0 aromatic rings. The van der Waals surface area contributed by atoms with E-state index in [1.54, 1.807) is 4.90 Å². The lowest BCUT2D eigenvalue weighted by Gasteiger charge is -2.38. The molecule has 1 aliphatic carbocycles. The second-order valence-corrected chi connectivity index (χ2v) is 7.49. The van der Waals surface area contributed by atoms with Gasteiger partial charge in [0.05, 0.1) is 0 Å². The maximum atomic E-state index is 12.8. The summed E-state index contributed by atoms with van der Waals surface area (Å²) in [4.78, 5) is 38.4. The SMILES string of the molecule is O=C1CCCC(CC(=O)N2CCNC(=O)C2CC2CCCCC2)N1. The number of carbonyl (C=O) groups is 3. The van der Waals surface area contributed by atoms with Crippen LogP contribution in [-0.2, 0) is 14.4 Å².